The van der Waals surface area contributed by atoms with E-state index in [1.165, 1.54) is 11.8 Å². The van der Waals surface area contributed by atoms with Gasteiger partial charge in [-0.25, -0.2) is 4.79 Å². The van der Waals surface area contributed by atoms with Gasteiger partial charge in [-0.1, -0.05) is 6.92 Å². The third-order valence-electron chi connectivity index (χ3n) is 1.14. The molecule has 13 heavy (non-hydrogen) atoms. The molecule has 0 heterocycles. The highest BCUT2D eigenvalue weighted by Crippen LogP contribution is 2.09. The number of thioether (sulfide) groups is 1. The van der Waals surface area contributed by atoms with Crippen LogP contribution < -0.4 is 0 Å². The maximum Gasteiger partial charge on any atom is 0.349 e. The van der Waals surface area contributed by atoms with Crippen LogP contribution in [-0.4, -0.2) is 18.3 Å². The summed E-state index contributed by atoms with van der Waals surface area (Å²) in [5, 5.41) is 10.1. The predicted octanol–water partition coefficient (Wildman–Crippen LogP) is 2.10. The van der Waals surface area contributed by atoms with Crippen LogP contribution in [0.4, 0.5) is 0 Å². The van der Waals surface area contributed by atoms with Gasteiger partial charge in [0.1, 0.15) is 11.6 Å². The highest BCUT2D eigenvalue weighted by Gasteiger charge is 2.08. The molecule has 4 heteroatoms. The molecule has 0 N–H and O–H groups in total. The Morgan fingerprint density at radius 2 is 2.31 bits per heavy atom. The summed E-state index contributed by atoms with van der Waals surface area (Å²) < 4.78 is 4.68. The molecule has 0 aromatic rings. The van der Waals surface area contributed by atoms with E-state index in [0.717, 1.165) is 12.2 Å². The van der Waals surface area contributed by atoms with Crippen molar-refractivity contribution < 1.29 is 9.53 Å². The molecule has 0 radical (unpaired) electrons. The van der Waals surface area contributed by atoms with Crippen molar-refractivity contribution in [2.75, 3.05) is 12.4 Å². The average molecular weight is 199 g/mol. The first kappa shape index (κ1) is 12.0. The zero-order valence-corrected chi connectivity index (χ0v) is 8.69. The van der Waals surface area contributed by atoms with Crippen molar-refractivity contribution in [2.24, 2.45) is 0 Å². The van der Waals surface area contributed by atoms with Crippen LogP contribution in [0.2, 0.25) is 0 Å². The molecule has 0 aromatic heterocycles. The number of ether oxygens (including phenoxy) is 1. The molecule has 0 aliphatic carbocycles. The number of esters is 1. The Morgan fingerprint density at radius 1 is 1.62 bits per heavy atom. The number of hydrogen-bond acceptors (Lipinski definition) is 4. The van der Waals surface area contributed by atoms with Gasteiger partial charge in [-0.2, -0.15) is 5.26 Å². The molecular weight excluding hydrogens is 186 g/mol. The minimum atomic E-state index is -0.534. The van der Waals surface area contributed by atoms with Gasteiger partial charge < -0.3 is 4.74 Å². The number of carbonyl (C=O) groups is 1. The smallest absolute Gasteiger partial charge is 0.349 e. The largest absolute Gasteiger partial charge is 0.462 e. The lowest BCUT2D eigenvalue weighted by atomic mass is 10.3. The topological polar surface area (TPSA) is 50.1 Å². The Kier molecular flexibility index (Phi) is 7.12. The Balaban J connectivity index is 4.09. The van der Waals surface area contributed by atoms with Crippen molar-refractivity contribution in [1.82, 2.24) is 0 Å². The van der Waals surface area contributed by atoms with Crippen LogP contribution in [0, 0.1) is 11.3 Å². The van der Waals surface area contributed by atoms with E-state index in [1.54, 1.807) is 12.3 Å². The standard InChI is InChI=1S/C9H13NO2S/c1-3-5-13-7-8(6-10)9(11)12-4-2/h7H,3-5H2,1-2H3/b8-7+. The van der Waals surface area contributed by atoms with E-state index < -0.39 is 5.97 Å². The lowest BCUT2D eigenvalue weighted by molar-refractivity contribution is -0.137. The molecule has 0 bridgehead atoms. The second-order valence-corrected chi connectivity index (χ2v) is 3.21. The Morgan fingerprint density at radius 3 is 2.77 bits per heavy atom. The SMILES string of the molecule is CCCS/C=C(\C#N)C(=O)OCC. The van der Waals surface area contributed by atoms with Crippen LogP contribution in [0.1, 0.15) is 20.3 Å². The van der Waals surface area contributed by atoms with E-state index in [-0.39, 0.29) is 5.57 Å². The molecule has 0 atom stereocenters. The number of nitrogens with zero attached hydrogens (tertiary/aromatic N) is 1. The van der Waals surface area contributed by atoms with Crippen LogP contribution in [0.5, 0.6) is 0 Å². The molecule has 0 fully saturated rings. The third kappa shape index (κ3) is 5.31. The van der Waals surface area contributed by atoms with E-state index >= 15 is 0 Å². The first-order chi connectivity index (χ1) is 6.26. The zero-order valence-electron chi connectivity index (χ0n) is 7.87. The highest BCUT2D eigenvalue weighted by molar-refractivity contribution is 8.02. The van der Waals surface area contributed by atoms with Crippen LogP contribution in [0.15, 0.2) is 11.0 Å². The molecule has 0 aliphatic rings. The fourth-order valence-corrected chi connectivity index (χ4v) is 1.26. The summed E-state index contributed by atoms with van der Waals surface area (Å²) in [5.41, 5.74) is 0.0836. The second-order valence-electron chi connectivity index (χ2n) is 2.23. The van der Waals surface area contributed by atoms with Gasteiger partial charge in [0.15, 0.2) is 0 Å². The fraction of sp³-hybridized carbons (Fsp3) is 0.556. The summed E-state index contributed by atoms with van der Waals surface area (Å²) in [4.78, 5) is 11.0. The Hall–Kier alpha value is -0.950. The van der Waals surface area contributed by atoms with Gasteiger partial charge in [0, 0.05) is 0 Å². The van der Waals surface area contributed by atoms with Crippen LogP contribution in [0.25, 0.3) is 0 Å². The summed E-state index contributed by atoms with van der Waals surface area (Å²) in [5.74, 6) is 0.374. The molecule has 0 saturated carbocycles. The molecule has 0 amide bonds. The number of nitriles is 1. The molecule has 3 nitrogen and oxygen atoms in total. The van der Waals surface area contributed by atoms with Gasteiger partial charge in [0.2, 0.25) is 0 Å². The maximum absolute atomic E-state index is 11.0. The van der Waals surface area contributed by atoms with Crippen molar-refractivity contribution >= 4 is 17.7 Å². The third-order valence-corrected chi connectivity index (χ3v) is 2.19. The first-order valence-electron chi connectivity index (χ1n) is 4.15. The van der Waals surface area contributed by atoms with E-state index in [9.17, 15) is 4.79 Å². The molecule has 0 spiro atoms. The van der Waals surface area contributed by atoms with Gasteiger partial charge in [0.25, 0.3) is 0 Å². The highest BCUT2D eigenvalue weighted by atomic mass is 32.2. The van der Waals surface area contributed by atoms with Gasteiger partial charge in [-0.15, -0.1) is 11.8 Å². The monoisotopic (exact) mass is 199 g/mol. The molecule has 0 rings (SSSR count). The summed E-state index contributed by atoms with van der Waals surface area (Å²) >= 11 is 1.45. The van der Waals surface area contributed by atoms with Crippen LogP contribution in [0.3, 0.4) is 0 Å². The summed E-state index contributed by atoms with van der Waals surface area (Å²) in [6.45, 7) is 4.06. The minimum Gasteiger partial charge on any atom is -0.462 e. The number of carbonyl (C=O) groups excluding carboxylic acids is 1. The van der Waals surface area contributed by atoms with Gasteiger partial charge in [-0.3, -0.25) is 0 Å². The Labute approximate surface area is 82.8 Å². The fourth-order valence-electron chi connectivity index (χ4n) is 0.589. The number of rotatable bonds is 5. The molecular formula is C9H13NO2S. The minimum absolute atomic E-state index is 0.0836. The quantitative estimate of drug-likeness (QED) is 0.294. The molecule has 0 aromatic carbocycles. The van der Waals surface area contributed by atoms with E-state index in [2.05, 4.69) is 4.74 Å². The van der Waals surface area contributed by atoms with E-state index in [0.29, 0.717) is 6.61 Å². The lowest BCUT2D eigenvalue weighted by Crippen LogP contribution is -2.05. The van der Waals surface area contributed by atoms with Crippen LogP contribution in [-0.2, 0) is 9.53 Å². The van der Waals surface area contributed by atoms with Gasteiger partial charge in [0.05, 0.1) is 6.61 Å². The molecule has 0 aliphatic heterocycles. The normalized spacial score (nSPS) is 10.7. The summed E-state index contributed by atoms with van der Waals surface area (Å²) in [6.07, 6.45) is 1.02. The van der Waals surface area contributed by atoms with Gasteiger partial charge in [-0.05, 0) is 24.5 Å². The molecule has 0 saturated heterocycles. The van der Waals surface area contributed by atoms with E-state index in [4.69, 9.17) is 5.26 Å². The molecule has 72 valence electrons. The molecule has 0 unspecified atom stereocenters. The van der Waals surface area contributed by atoms with Crippen molar-refractivity contribution in [3.8, 4) is 6.07 Å². The van der Waals surface area contributed by atoms with Crippen molar-refractivity contribution in [1.29, 1.82) is 5.26 Å². The lowest BCUT2D eigenvalue weighted by Gasteiger charge is -1.98. The van der Waals surface area contributed by atoms with Crippen molar-refractivity contribution in [2.45, 2.75) is 20.3 Å². The number of hydrogen-bond donors (Lipinski definition) is 0. The Bertz CT molecular complexity index is 230. The van der Waals surface area contributed by atoms with Gasteiger partial charge >= 0.3 is 5.97 Å². The van der Waals surface area contributed by atoms with Crippen molar-refractivity contribution in [3.63, 3.8) is 0 Å². The van der Waals surface area contributed by atoms with Crippen LogP contribution >= 0.6 is 11.8 Å². The zero-order chi connectivity index (χ0) is 10.1. The van der Waals surface area contributed by atoms with E-state index in [1.807, 2.05) is 13.0 Å². The first-order valence-corrected chi connectivity index (χ1v) is 5.20. The second kappa shape index (κ2) is 7.69. The van der Waals surface area contributed by atoms with Crippen molar-refractivity contribution in [3.05, 3.63) is 11.0 Å². The maximum atomic E-state index is 11.0. The summed E-state index contributed by atoms with van der Waals surface area (Å²) in [6, 6.07) is 1.81. The predicted molar refractivity (Wildman–Crippen MR) is 53.1 cm³/mol. The average Bonchev–Trinajstić information content (AvgIpc) is 2.13. The summed E-state index contributed by atoms with van der Waals surface area (Å²) in [7, 11) is 0.